The van der Waals surface area contributed by atoms with Crippen molar-refractivity contribution in [2.75, 3.05) is 32.7 Å². The Balaban J connectivity index is 1.62. The number of carbonyl (C=O) groups is 1. The van der Waals surface area contributed by atoms with Gasteiger partial charge in [-0.05, 0) is 45.1 Å². The quantitative estimate of drug-likeness (QED) is 0.777. The molecule has 0 bridgehead atoms. The first-order valence-electron chi connectivity index (χ1n) is 8.67. The van der Waals surface area contributed by atoms with Crippen molar-refractivity contribution in [3.05, 3.63) is 0 Å². The SMILES string of the molecule is CCN1CCN(C2CCCC(NC3CC3)(C(N)=O)C2)CC1. The van der Waals surface area contributed by atoms with Crippen LogP contribution >= 0.6 is 0 Å². The maximum atomic E-state index is 12.1. The van der Waals surface area contributed by atoms with Crippen LogP contribution in [0.2, 0.25) is 0 Å². The molecule has 1 aliphatic heterocycles. The third kappa shape index (κ3) is 3.41. The van der Waals surface area contributed by atoms with E-state index in [9.17, 15) is 4.79 Å². The second-order valence-electron chi connectivity index (χ2n) is 7.09. The number of amides is 1. The van der Waals surface area contributed by atoms with E-state index in [1.54, 1.807) is 0 Å². The van der Waals surface area contributed by atoms with Gasteiger partial charge in [0.2, 0.25) is 5.91 Å². The van der Waals surface area contributed by atoms with Crippen LogP contribution in [-0.2, 0) is 4.79 Å². The molecular weight excluding hydrogens is 264 g/mol. The van der Waals surface area contributed by atoms with Crippen LogP contribution < -0.4 is 11.1 Å². The van der Waals surface area contributed by atoms with Gasteiger partial charge in [-0.3, -0.25) is 9.69 Å². The van der Waals surface area contributed by atoms with E-state index < -0.39 is 5.54 Å². The molecule has 2 atom stereocenters. The van der Waals surface area contributed by atoms with E-state index in [2.05, 4.69) is 22.0 Å². The number of likely N-dealkylation sites (N-methyl/N-ethyl adjacent to an activating group) is 1. The molecule has 3 N–H and O–H groups in total. The van der Waals surface area contributed by atoms with Crippen LogP contribution in [0.4, 0.5) is 0 Å². The van der Waals surface area contributed by atoms with Gasteiger partial charge in [0, 0.05) is 38.3 Å². The summed E-state index contributed by atoms with van der Waals surface area (Å²) in [6.45, 7) is 7.97. The van der Waals surface area contributed by atoms with E-state index in [1.807, 2.05) is 0 Å². The summed E-state index contributed by atoms with van der Waals surface area (Å²) in [7, 11) is 0. The lowest BCUT2D eigenvalue weighted by Gasteiger charge is -2.46. The number of hydrogen-bond acceptors (Lipinski definition) is 4. The average molecular weight is 294 g/mol. The molecule has 21 heavy (non-hydrogen) atoms. The normalized spacial score (nSPS) is 35.8. The third-order valence-electron chi connectivity index (χ3n) is 5.62. The number of rotatable bonds is 5. The van der Waals surface area contributed by atoms with Gasteiger partial charge in [-0.15, -0.1) is 0 Å². The molecule has 0 spiro atoms. The van der Waals surface area contributed by atoms with E-state index in [-0.39, 0.29) is 5.91 Å². The predicted octanol–water partition coefficient (Wildman–Crippen LogP) is 0.543. The van der Waals surface area contributed by atoms with Gasteiger partial charge in [0.1, 0.15) is 0 Å². The zero-order chi connectivity index (χ0) is 14.9. The maximum absolute atomic E-state index is 12.1. The summed E-state index contributed by atoms with van der Waals surface area (Å²) in [4.78, 5) is 17.2. The molecule has 3 rings (SSSR count). The minimum absolute atomic E-state index is 0.133. The average Bonchev–Trinajstić information content (AvgIpc) is 3.31. The lowest BCUT2D eigenvalue weighted by Crippen LogP contribution is -2.62. The monoisotopic (exact) mass is 294 g/mol. The fourth-order valence-corrected chi connectivity index (χ4v) is 4.05. The van der Waals surface area contributed by atoms with E-state index >= 15 is 0 Å². The Morgan fingerprint density at radius 3 is 2.52 bits per heavy atom. The van der Waals surface area contributed by atoms with E-state index in [0.717, 1.165) is 52.0 Å². The van der Waals surface area contributed by atoms with Crippen LogP contribution in [-0.4, -0.2) is 66.1 Å². The Labute approximate surface area is 128 Å². The number of nitrogens with one attached hydrogen (secondary N) is 1. The smallest absolute Gasteiger partial charge is 0.237 e. The summed E-state index contributed by atoms with van der Waals surface area (Å²) in [6, 6.07) is 1.06. The highest BCUT2D eigenvalue weighted by Gasteiger charge is 2.45. The molecule has 1 heterocycles. The summed E-state index contributed by atoms with van der Waals surface area (Å²) in [6.07, 6.45) is 6.56. The molecule has 0 aromatic rings. The number of nitrogens with zero attached hydrogens (tertiary/aromatic N) is 2. The first-order valence-corrected chi connectivity index (χ1v) is 8.67. The van der Waals surface area contributed by atoms with Crippen molar-refractivity contribution in [3.8, 4) is 0 Å². The highest BCUT2D eigenvalue weighted by atomic mass is 16.1. The Bertz CT molecular complexity index is 376. The Kier molecular flexibility index (Phi) is 4.52. The van der Waals surface area contributed by atoms with Crippen LogP contribution in [0.15, 0.2) is 0 Å². The van der Waals surface area contributed by atoms with Crippen LogP contribution in [0.5, 0.6) is 0 Å². The summed E-state index contributed by atoms with van der Waals surface area (Å²) in [5.74, 6) is -0.133. The molecule has 0 aromatic carbocycles. The molecule has 2 unspecified atom stereocenters. The molecule has 2 aliphatic carbocycles. The van der Waals surface area contributed by atoms with Crippen LogP contribution in [0, 0.1) is 0 Å². The van der Waals surface area contributed by atoms with Gasteiger partial charge < -0.3 is 16.0 Å². The van der Waals surface area contributed by atoms with Crippen molar-refractivity contribution in [2.24, 2.45) is 5.73 Å². The molecule has 0 aromatic heterocycles. The van der Waals surface area contributed by atoms with Crippen LogP contribution in [0.3, 0.4) is 0 Å². The van der Waals surface area contributed by atoms with Gasteiger partial charge in [0.25, 0.3) is 0 Å². The van der Waals surface area contributed by atoms with Crippen molar-refractivity contribution in [3.63, 3.8) is 0 Å². The lowest BCUT2D eigenvalue weighted by atomic mass is 9.77. The number of piperazine rings is 1. The van der Waals surface area contributed by atoms with Crippen molar-refractivity contribution < 1.29 is 4.79 Å². The first-order chi connectivity index (χ1) is 10.1. The summed E-state index contributed by atoms with van der Waals surface area (Å²) in [5, 5.41) is 3.58. The minimum Gasteiger partial charge on any atom is -0.368 e. The largest absolute Gasteiger partial charge is 0.368 e. The predicted molar refractivity (Wildman–Crippen MR) is 84.0 cm³/mol. The number of hydrogen-bond donors (Lipinski definition) is 2. The van der Waals surface area contributed by atoms with Crippen LogP contribution in [0.1, 0.15) is 45.4 Å². The van der Waals surface area contributed by atoms with Gasteiger partial charge in [-0.2, -0.15) is 0 Å². The maximum Gasteiger partial charge on any atom is 0.237 e. The topological polar surface area (TPSA) is 61.6 Å². The molecule has 1 amide bonds. The fraction of sp³-hybridized carbons (Fsp3) is 0.938. The molecule has 3 aliphatic rings. The molecular formula is C16H30N4O. The molecule has 3 fully saturated rings. The van der Waals surface area contributed by atoms with E-state index in [0.29, 0.717) is 12.1 Å². The van der Waals surface area contributed by atoms with E-state index in [1.165, 1.54) is 19.3 Å². The number of carbonyl (C=O) groups excluding carboxylic acids is 1. The van der Waals surface area contributed by atoms with Gasteiger partial charge in [0.05, 0.1) is 5.54 Å². The number of primary amides is 1. The van der Waals surface area contributed by atoms with Gasteiger partial charge in [-0.25, -0.2) is 0 Å². The summed E-state index contributed by atoms with van der Waals surface area (Å²) < 4.78 is 0. The third-order valence-corrected chi connectivity index (χ3v) is 5.62. The van der Waals surface area contributed by atoms with Gasteiger partial charge in [-0.1, -0.05) is 6.92 Å². The van der Waals surface area contributed by atoms with Crippen molar-refractivity contribution >= 4 is 5.91 Å². The Morgan fingerprint density at radius 2 is 1.95 bits per heavy atom. The molecule has 5 nitrogen and oxygen atoms in total. The standard InChI is InChI=1S/C16H30N4O/c1-2-19-8-10-20(11-9-19)14-4-3-7-16(12-14,15(17)21)18-13-5-6-13/h13-14,18H,2-12H2,1H3,(H2,17,21). The van der Waals surface area contributed by atoms with Crippen molar-refractivity contribution in [1.82, 2.24) is 15.1 Å². The van der Waals surface area contributed by atoms with Crippen molar-refractivity contribution in [1.29, 1.82) is 0 Å². The zero-order valence-corrected chi connectivity index (χ0v) is 13.3. The number of nitrogens with two attached hydrogens (primary N) is 1. The molecule has 120 valence electrons. The second kappa shape index (κ2) is 6.23. The zero-order valence-electron chi connectivity index (χ0n) is 13.3. The molecule has 0 radical (unpaired) electrons. The second-order valence-corrected chi connectivity index (χ2v) is 7.09. The summed E-state index contributed by atoms with van der Waals surface area (Å²) in [5.41, 5.74) is 5.35. The van der Waals surface area contributed by atoms with Gasteiger partial charge >= 0.3 is 0 Å². The highest BCUT2D eigenvalue weighted by molar-refractivity contribution is 5.85. The summed E-state index contributed by atoms with van der Waals surface area (Å²) >= 11 is 0. The first kappa shape index (κ1) is 15.3. The van der Waals surface area contributed by atoms with E-state index in [4.69, 9.17) is 5.73 Å². The lowest BCUT2D eigenvalue weighted by molar-refractivity contribution is -0.127. The molecule has 5 heteroatoms. The molecule has 2 saturated carbocycles. The van der Waals surface area contributed by atoms with Crippen LogP contribution in [0.25, 0.3) is 0 Å². The highest BCUT2D eigenvalue weighted by Crippen LogP contribution is 2.35. The Hall–Kier alpha value is -0.650. The molecule has 1 saturated heterocycles. The van der Waals surface area contributed by atoms with Gasteiger partial charge in [0.15, 0.2) is 0 Å². The minimum atomic E-state index is -0.439. The Morgan fingerprint density at radius 1 is 1.24 bits per heavy atom. The fourth-order valence-electron chi connectivity index (χ4n) is 4.05. The van der Waals surface area contributed by atoms with Crippen molar-refractivity contribution in [2.45, 2.75) is 63.1 Å².